The van der Waals surface area contributed by atoms with Crippen molar-refractivity contribution in [3.8, 4) is 0 Å². The fourth-order valence-corrected chi connectivity index (χ4v) is 2.25. The number of carbonyl (C=O) groups is 2. The lowest BCUT2D eigenvalue weighted by molar-refractivity contribution is -0.141. The summed E-state index contributed by atoms with van der Waals surface area (Å²) in [6.45, 7) is 3.04. The number of carbonyl (C=O) groups excluding carboxylic acids is 2. The highest BCUT2D eigenvalue weighted by Gasteiger charge is 2.31. The number of halogens is 1. The van der Waals surface area contributed by atoms with Gasteiger partial charge in [-0.05, 0) is 31.5 Å². The highest BCUT2D eigenvalue weighted by atomic mass is 19.1. The van der Waals surface area contributed by atoms with E-state index in [0.29, 0.717) is 11.3 Å². The molecule has 1 aromatic rings. The van der Waals surface area contributed by atoms with E-state index in [2.05, 4.69) is 0 Å². The van der Waals surface area contributed by atoms with E-state index in [4.69, 9.17) is 4.74 Å². The van der Waals surface area contributed by atoms with E-state index in [-0.39, 0.29) is 29.9 Å². The van der Waals surface area contributed by atoms with Crippen LogP contribution in [0.25, 0.3) is 0 Å². The molecule has 4 heteroatoms. The summed E-state index contributed by atoms with van der Waals surface area (Å²) in [5, 5.41) is 0. The second kappa shape index (κ2) is 4.72. The van der Waals surface area contributed by atoms with Gasteiger partial charge in [-0.15, -0.1) is 0 Å². The van der Waals surface area contributed by atoms with Gasteiger partial charge in [0.1, 0.15) is 11.6 Å². The molecule has 94 valence electrons. The Morgan fingerprint density at radius 3 is 2.50 bits per heavy atom. The fourth-order valence-electron chi connectivity index (χ4n) is 2.25. The molecule has 3 nitrogen and oxygen atoms in total. The molecule has 1 aliphatic heterocycles. The minimum absolute atomic E-state index is 0.109. The summed E-state index contributed by atoms with van der Waals surface area (Å²) >= 11 is 0. The molecule has 0 aliphatic carbocycles. The third kappa shape index (κ3) is 2.32. The quantitative estimate of drug-likeness (QED) is 0.756. The number of allylic oxidation sites excluding steroid dienone is 2. The minimum Gasteiger partial charge on any atom is -0.431 e. The lowest BCUT2D eigenvalue weighted by Gasteiger charge is -2.25. The van der Waals surface area contributed by atoms with Crippen molar-refractivity contribution in [1.82, 2.24) is 0 Å². The molecule has 0 spiro atoms. The molecule has 0 fully saturated rings. The van der Waals surface area contributed by atoms with Gasteiger partial charge in [0.2, 0.25) is 0 Å². The first kappa shape index (κ1) is 12.5. The Balaban J connectivity index is 2.46. The molecule has 1 atom stereocenters. The third-order valence-corrected chi connectivity index (χ3v) is 3.02. The molecule has 0 bridgehead atoms. The fraction of sp³-hybridized carbons (Fsp3) is 0.286. The Morgan fingerprint density at radius 2 is 1.94 bits per heavy atom. The van der Waals surface area contributed by atoms with Crippen molar-refractivity contribution in [2.45, 2.75) is 26.2 Å². The van der Waals surface area contributed by atoms with Crippen molar-refractivity contribution in [3.05, 3.63) is 47.0 Å². The Labute approximate surface area is 104 Å². The molecule has 1 aliphatic rings. The van der Waals surface area contributed by atoms with E-state index in [1.165, 1.54) is 19.1 Å². The maximum Gasteiger partial charge on any atom is 0.311 e. The van der Waals surface area contributed by atoms with Gasteiger partial charge in [-0.1, -0.05) is 12.1 Å². The number of hydrogen-bond donors (Lipinski definition) is 0. The van der Waals surface area contributed by atoms with Gasteiger partial charge in [0.25, 0.3) is 0 Å². The summed E-state index contributed by atoms with van der Waals surface area (Å²) in [5.41, 5.74) is 1.24. The Morgan fingerprint density at radius 1 is 1.33 bits per heavy atom. The molecule has 0 N–H and O–H groups in total. The zero-order valence-corrected chi connectivity index (χ0v) is 10.2. The molecule has 0 aromatic heterocycles. The standard InChI is InChI=1S/C14H13FO3/c1-8(16)14-9(2)18-13(17)7-12(14)10-3-5-11(15)6-4-10/h3-6,12H,7H2,1-2H3/t12-/m1/s1. The average Bonchev–Trinajstić information content (AvgIpc) is 2.28. The van der Waals surface area contributed by atoms with E-state index < -0.39 is 0 Å². The minimum atomic E-state index is -0.369. The van der Waals surface area contributed by atoms with Gasteiger partial charge in [-0.2, -0.15) is 0 Å². The van der Waals surface area contributed by atoms with Crippen LogP contribution in [-0.2, 0) is 14.3 Å². The number of hydrogen-bond acceptors (Lipinski definition) is 3. The molecule has 0 saturated carbocycles. The van der Waals surface area contributed by atoms with Crippen molar-refractivity contribution in [2.75, 3.05) is 0 Å². The Kier molecular flexibility index (Phi) is 3.28. The first-order valence-electron chi connectivity index (χ1n) is 5.67. The van der Waals surface area contributed by atoms with E-state index in [9.17, 15) is 14.0 Å². The lowest BCUT2D eigenvalue weighted by Crippen LogP contribution is -2.23. The Bertz CT molecular complexity index is 528. The maximum atomic E-state index is 12.9. The topological polar surface area (TPSA) is 43.4 Å². The highest BCUT2D eigenvalue weighted by Crippen LogP contribution is 2.35. The number of ketones is 1. The van der Waals surface area contributed by atoms with Crippen molar-refractivity contribution in [1.29, 1.82) is 0 Å². The molecule has 0 unspecified atom stereocenters. The normalized spacial score (nSPS) is 19.7. The molecular weight excluding hydrogens is 235 g/mol. The van der Waals surface area contributed by atoms with E-state index in [1.54, 1.807) is 19.1 Å². The van der Waals surface area contributed by atoms with Crippen LogP contribution < -0.4 is 0 Å². The zero-order valence-electron chi connectivity index (χ0n) is 10.2. The molecule has 0 amide bonds. The summed E-state index contributed by atoms with van der Waals surface area (Å²) < 4.78 is 17.9. The van der Waals surface area contributed by atoms with Crippen LogP contribution in [0.4, 0.5) is 4.39 Å². The summed E-state index contributed by atoms with van der Waals surface area (Å²) in [4.78, 5) is 23.1. The smallest absolute Gasteiger partial charge is 0.311 e. The van der Waals surface area contributed by atoms with E-state index >= 15 is 0 Å². The van der Waals surface area contributed by atoms with Gasteiger partial charge in [-0.3, -0.25) is 9.59 Å². The number of cyclic esters (lactones) is 1. The van der Waals surface area contributed by atoms with Crippen molar-refractivity contribution < 1.29 is 18.7 Å². The summed E-state index contributed by atoms with van der Waals surface area (Å²) in [6.07, 6.45) is 0.109. The van der Waals surface area contributed by atoms with Crippen LogP contribution >= 0.6 is 0 Å². The van der Waals surface area contributed by atoms with Crippen LogP contribution in [-0.4, -0.2) is 11.8 Å². The zero-order chi connectivity index (χ0) is 13.3. The van der Waals surface area contributed by atoms with Crippen LogP contribution in [0.1, 0.15) is 31.7 Å². The maximum absolute atomic E-state index is 12.9. The summed E-state index contributed by atoms with van der Waals surface area (Å²) in [5.74, 6) is -0.846. The Hall–Kier alpha value is -1.97. The largest absolute Gasteiger partial charge is 0.431 e. The highest BCUT2D eigenvalue weighted by molar-refractivity contribution is 5.97. The summed E-state index contributed by atoms with van der Waals surface area (Å²) in [6, 6.07) is 5.83. The van der Waals surface area contributed by atoms with Gasteiger partial charge in [0.05, 0.1) is 6.42 Å². The second-order valence-corrected chi connectivity index (χ2v) is 4.31. The van der Waals surface area contributed by atoms with Crippen molar-refractivity contribution >= 4 is 11.8 Å². The first-order chi connectivity index (χ1) is 8.49. The van der Waals surface area contributed by atoms with Crippen molar-refractivity contribution in [2.24, 2.45) is 0 Å². The second-order valence-electron chi connectivity index (χ2n) is 4.31. The van der Waals surface area contributed by atoms with Crippen LogP contribution in [0, 0.1) is 5.82 Å². The van der Waals surface area contributed by atoms with Crippen LogP contribution in [0.15, 0.2) is 35.6 Å². The van der Waals surface area contributed by atoms with Gasteiger partial charge >= 0.3 is 5.97 Å². The van der Waals surface area contributed by atoms with Crippen molar-refractivity contribution in [3.63, 3.8) is 0 Å². The van der Waals surface area contributed by atoms with Gasteiger partial charge in [0, 0.05) is 11.5 Å². The van der Waals surface area contributed by atoms with Crippen LogP contribution in [0.3, 0.4) is 0 Å². The number of ether oxygens (including phenoxy) is 1. The van der Waals surface area contributed by atoms with Crippen LogP contribution in [0.2, 0.25) is 0 Å². The molecule has 0 radical (unpaired) electrons. The van der Waals surface area contributed by atoms with Gasteiger partial charge in [-0.25, -0.2) is 4.39 Å². The van der Waals surface area contributed by atoms with Gasteiger partial charge in [0.15, 0.2) is 5.78 Å². The first-order valence-corrected chi connectivity index (χ1v) is 5.67. The van der Waals surface area contributed by atoms with Gasteiger partial charge < -0.3 is 4.74 Å². The molecule has 2 rings (SSSR count). The number of benzene rings is 1. The monoisotopic (exact) mass is 248 g/mol. The average molecular weight is 248 g/mol. The third-order valence-electron chi connectivity index (χ3n) is 3.02. The van der Waals surface area contributed by atoms with E-state index in [0.717, 1.165) is 5.56 Å². The predicted octanol–water partition coefficient (Wildman–Crippen LogP) is 2.72. The predicted molar refractivity (Wildman–Crippen MR) is 63.2 cm³/mol. The molecular formula is C14H13FO3. The molecule has 18 heavy (non-hydrogen) atoms. The summed E-state index contributed by atoms with van der Waals surface area (Å²) in [7, 11) is 0. The lowest BCUT2D eigenvalue weighted by atomic mass is 9.84. The van der Waals surface area contributed by atoms with E-state index in [1.807, 2.05) is 0 Å². The van der Waals surface area contributed by atoms with Crippen LogP contribution in [0.5, 0.6) is 0 Å². The molecule has 0 saturated heterocycles. The molecule has 1 heterocycles. The number of rotatable bonds is 2. The molecule has 1 aromatic carbocycles. The number of Topliss-reactive ketones (excluding diaryl/α,β-unsaturated/α-hetero) is 1. The SMILES string of the molecule is CC(=O)C1=C(C)OC(=O)C[C@@H]1c1ccc(F)cc1. The number of esters is 1.